The molecule has 4 aromatic rings. The van der Waals surface area contributed by atoms with Crippen LogP contribution in [0.5, 0.6) is 0 Å². The van der Waals surface area contributed by atoms with Crippen molar-refractivity contribution >= 4 is 28.4 Å². The Kier molecular flexibility index (Phi) is 4.70. The first kappa shape index (κ1) is 18.0. The molecule has 1 aliphatic heterocycles. The first-order valence-electron chi connectivity index (χ1n) is 10.4. The van der Waals surface area contributed by atoms with Crippen molar-refractivity contribution in [3.8, 4) is 11.4 Å². The molecule has 1 unspecified atom stereocenters. The third-order valence-electron chi connectivity index (χ3n) is 5.12. The van der Waals surface area contributed by atoms with E-state index >= 15 is 0 Å². The minimum atomic E-state index is -0.617. The van der Waals surface area contributed by atoms with Gasteiger partial charge in [0, 0.05) is 49.5 Å². The van der Waals surface area contributed by atoms with Crippen LogP contribution in [-0.4, -0.2) is 56.7 Å². The number of amides is 1. The van der Waals surface area contributed by atoms with Gasteiger partial charge in [-0.25, -0.2) is 19.9 Å². The fourth-order valence-electron chi connectivity index (χ4n) is 3.44. The Morgan fingerprint density at radius 3 is 2.97 bits per heavy atom. The van der Waals surface area contributed by atoms with Crippen LogP contribution in [0.15, 0.2) is 55.2 Å². The molecular weight excluding hydrogens is 394 g/mol. The molecule has 1 atom stereocenters. The van der Waals surface area contributed by atoms with E-state index in [9.17, 15) is 4.79 Å². The van der Waals surface area contributed by atoms with Crippen LogP contribution in [0, 0.1) is 0 Å². The molecule has 0 radical (unpaired) electrons. The van der Waals surface area contributed by atoms with Gasteiger partial charge in [0.05, 0.1) is 44.0 Å². The monoisotopic (exact) mass is 416 g/mol. The number of nitrogens with zero attached hydrogens (tertiary/aromatic N) is 6. The van der Waals surface area contributed by atoms with Crippen molar-refractivity contribution in [1.29, 1.82) is 0 Å². The summed E-state index contributed by atoms with van der Waals surface area (Å²) in [5.74, 6) is 0.763. The van der Waals surface area contributed by atoms with Gasteiger partial charge in [-0.3, -0.25) is 4.79 Å². The van der Waals surface area contributed by atoms with E-state index in [-0.39, 0.29) is 5.91 Å². The van der Waals surface area contributed by atoms with E-state index in [1.165, 1.54) is 0 Å². The fourth-order valence-corrected chi connectivity index (χ4v) is 3.44. The molecule has 5 heterocycles. The number of morpholine rings is 1. The van der Waals surface area contributed by atoms with E-state index in [1.807, 2.05) is 28.6 Å². The molecule has 156 valence electrons. The number of fused-ring (bicyclic) bond motifs is 1. The first-order valence-corrected chi connectivity index (χ1v) is 9.86. The maximum absolute atomic E-state index is 12.9. The summed E-state index contributed by atoms with van der Waals surface area (Å²) in [5, 5.41) is 3.71. The van der Waals surface area contributed by atoms with Crippen LogP contribution >= 0.6 is 0 Å². The van der Waals surface area contributed by atoms with Crippen molar-refractivity contribution in [1.82, 2.24) is 24.5 Å². The predicted molar refractivity (Wildman–Crippen MR) is 117 cm³/mol. The molecule has 9 heteroatoms. The van der Waals surface area contributed by atoms with Crippen molar-refractivity contribution in [3.05, 3.63) is 60.8 Å². The number of aromatic nitrogens is 5. The van der Waals surface area contributed by atoms with Gasteiger partial charge in [0.2, 0.25) is 0 Å². The van der Waals surface area contributed by atoms with Crippen molar-refractivity contribution < 1.29 is 10.9 Å². The number of hydrogen-bond acceptors (Lipinski definition) is 7. The number of carbonyl (C=O) groups is 1. The van der Waals surface area contributed by atoms with Crippen molar-refractivity contribution in [2.45, 2.75) is 0 Å². The van der Waals surface area contributed by atoms with E-state index in [2.05, 4.69) is 20.3 Å². The summed E-state index contributed by atoms with van der Waals surface area (Å²) < 4.78 is 14.9. The van der Waals surface area contributed by atoms with Crippen molar-refractivity contribution in [2.75, 3.05) is 36.5 Å². The quantitative estimate of drug-likeness (QED) is 0.546. The van der Waals surface area contributed by atoms with Crippen LogP contribution in [0.25, 0.3) is 22.3 Å². The highest BCUT2D eigenvalue weighted by Crippen LogP contribution is 2.22. The van der Waals surface area contributed by atoms with Crippen molar-refractivity contribution in [3.63, 3.8) is 0 Å². The second-order valence-corrected chi connectivity index (χ2v) is 7.19. The van der Waals surface area contributed by atoms with E-state index in [4.69, 9.17) is 11.1 Å². The molecule has 1 fully saturated rings. The van der Waals surface area contributed by atoms with Gasteiger partial charge in [0.15, 0.2) is 0 Å². The van der Waals surface area contributed by atoms with Crippen LogP contribution in [0.3, 0.4) is 0 Å². The summed E-state index contributed by atoms with van der Waals surface area (Å²) in [6, 6.07) is 8.98. The summed E-state index contributed by atoms with van der Waals surface area (Å²) in [6.07, 6.45) is 6.76. The molecule has 0 spiro atoms. The largest absolute Gasteiger partial charge is 0.378 e. The summed E-state index contributed by atoms with van der Waals surface area (Å²) in [4.78, 5) is 32.3. The number of carbonyl (C=O) groups excluding carboxylic acids is 1. The maximum atomic E-state index is 12.9. The lowest BCUT2D eigenvalue weighted by Crippen LogP contribution is -2.36. The van der Waals surface area contributed by atoms with Gasteiger partial charge in [-0.15, -0.1) is 0 Å². The second kappa shape index (κ2) is 8.11. The average molecular weight is 416 g/mol. The zero-order valence-corrected chi connectivity index (χ0v) is 16.9. The standard InChI is InChI=1S/C22H21N7O2/c1-28-14-23-13-19(28)17-3-2-16-12-25-20(11-18(16)26-17)27-22(30)15-4-5-24-21(10-15)29-6-8-31-9-7-29/h2-5,10-14H,6-9H2,1H3,(H,25,27,30)/i8D. The van der Waals surface area contributed by atoms with Gasteiger partial charge in [0.25, 0.3) is 5.91 Å². The van der Waals surface area contributed by atoms with Crippen LogP contribution < -0.4 is 10.2 Å². The number of ether oxygens (including phenoxy) is 1. The minimum absolute atomic E-state index is 0.293. The molecule has 9 nitrogen and oxygen atoms in total. The molecule has 0 bridgehead atoms. The Balaban J connectivity index is 1.37. The topological polar surface area (TPSA) is 98.1 Å². The summed E-state index contributed by atoms with van der Waals surface area (Å²) in [7, 11) is 1.91. The van der Waals surface area contributed by atoms with Gasteiger partial charge >= 0.3 is 0 Å². The van der Waals surface area contributed by atoms with Crippen LogP contribution in [0.4, 0.5) is 11.6 Å². The molecule has 1 saturated heterocycles. The number of aryl methyl sites for hydroxylation is 1. The summed E-state index contributed by atoms with van der Waals surface area (Å²) in [5.41, 5.74) is 2.87. The predicted octanol–water partition coefficient (Wildman–Crippen LogP) is 2.51. The molecule has 1 aliphatic rings. The SMILES string of the molecule is [2H]C1CN(c2cc(C(=O)Nc3cc4nc(-c5cncn5C)ccc4cn3)ccn2)CCO1. The number of hydrogen-bond donors (Lipinski definition) is 1. The normalized spacial score (nSPS) is 16.9. The molecule has 4 aromatic heterocycles. The number of nitrogens with one attached hydrogen (secondary N) is 1. The number of anilines is 2. The van der Waals surface area contributed by atoms with E-state index in [0.717, 1.165) is 22.3 Å². The van der Waals surface area contributed by atoms with E-state index < -0.39 is 6.58 Å². The molecular formula is C22H21N7O2. The molecule has 0 aliphatic carbocycles. The van der Waals surface area contributed by atoms with Crippen LogP contribution in [0.1, 0.15) is 11.7 Å². The summed E-state index contributed by atoms with van der Waals surface area (Å²) >= 11 is 0. The Morgan fingerprint density at radius 2 is 2.13 bits per heavy atom. The van der Waals surface area contributed by atoms with Gasteiger partial charge in [-0.1, -0.05) is 0 Å². The number of pyridine rings is 3. The minimum Gasteiger partial charge on any atom is -0.378 e. The smallest absolute Gasteiger partial charge is 0.257 e. The first-order chi connectivity index (χ1) is 15.6. The highest BCUT2D eigenvalue weighted by Gasteiger charge is 2.15. The van der Waals surface area contributed by atoms with Gasteiger partial charge in [0.1, 0.15) is 11.6 Å². The lowest BCUT2D eigenvalue weighted by atomic mass is 10.2. The fraction of sp³-hybridized carbons (Fsp3) is 0.227. The van der Waals surface area contributed by atoms with E-state index in [0.29, 0.717) is 36.9 Å². The van der Waals surface area contributed by atoms with Crippen LogP contribution in [0.2, 0.25) is 0 Å². The Hall–Kier alpha value is -3.85. The zero-order valence-electron chi connectivity index (χ0n) is 17.9. The molecule has 0 aromatic carbocycles. The van der Waals surface area contributed by atoms with E-state index in [1.54, 1.807) is 43.1 Å². The highest BCUT2D eigenvalue weighted by atomic mass is 16.5. The zero-order chi connectivity index (χ0) is 22.1. The molecule has 1 amide bonds. The Labute approximate surface area is 180 Å². The maximum Gasteiger partial charge on any atom is 0.257 e. The third-order valence-corrected chi connectivity index (χ3v) is 5.12. The lowest BCUT2D eigenvalue weighted by Gasteiger charge is -2.27. The number of rotatable bonds is 4. The second-order valence-electron chi connectivity index (χ2n) is 7.19. The Bertz CT molecular complexity index is 1290. The van der Waals surface area contributed by atoms with Crippen LogP contribution in [-0.2, 0) is 11.8 Å². The van der Waals surface area contributed by atoms with Gasteiger partial charge in [-0.05, 0) is 24.3 Å². The van der Waals surface area contributed by atoms with Gasteiger partial charge < -0.3 is 19.5 Å². The summed E-state index contributed by atoms with van der Waals surface area (Å²) in [6.45, 7) is 0.883. The molecule has 5 rings (SSSR count). The average Bonchev–Trinajstić information content (AvgIpc) is 3.24. The van der Waals surface area contributed by atoms with Gasteiger partial charge in [-0.2, -0.15) is 0 Å². The third kappa shape index (κ3) is 3.95. The highest BCUT2D eigenvalue weighted by molar-refractivity contribution is 6.04. The molecule has 0 saturated carbocycles. The molecule has 1 N–H and O–H groups in total. The number of imidazole rings is 1. The molecule has 31 heavy (non-hydrogen) atoms. The Morgan fingerprint density at radius 1 is 1.19 bits per heavy atom. The lowest BCUT2D eigenvalue weighted by molar-refractivity contribution is 0.102. The van der Waals surface area contributed by atoms with Crippen molar-refractivity contribution in [2.24, 2.45) is 7.05 Å².